The minimum Gasteiger partial charge on any atom is -0.467 e. The third-order valence-corrected chi connectivity index (χ3v) is 2.32. The van der Waals surface area contributed by atoms with E-state index in [0.717, 1.165) is 6.42 Å². The number of amides is 1. The highest BCUT2D eigenvalue weighted by molar-refractivity contribution is 5.82. The molecule has 0 spiro atoms. The maximum Gasteiger partial charge on any atom is 0.411 e. The smallest absolute Gasteiger partial charge is 0.411 e. The molecule has 1 rings (SSSR count). The molecular weight excluding hydrogens is 210 g/mol. The van der Waals surface area contributed by atoms with Crippen molar-refractivity contribution in [3.8, 4) is 0 Å². The first kappa shape index (κ1) is 11.2. The van der Waals surface area contributed by atoms with Crippen LogP contribution in [0.4, 0.5) is 4.79 Å². The number of ether oxygens (including phenoxy) is 2. The third-order valence-electron chi connectivity index (χ3n) is 2.32. The molecule has 0 aliphatic carbocycles. The van der Waals surface area contributed by atoms with E-state index in [4.69, 9.17) is 6.11 Å². The molecule has 0 bridgehead atoms. The minimum absolute atomic E-state index is 0.0184. The molecule has 0 radical (unpaired) electrons. The number of esters is 1. The number of nitrogens with zero attached hydrogens (tertiary/aromatic N) is 1. The van der Waals surface area contributed by atoms with E-state index in [9.17, 15) is 9.59 Å². The topological polar surface area (TPSA) is 55.8 Å². The number of carbonyl (C=O) groups excluding carboxylic acids is 2. The lowest BCUT2D eigenvalue weighted by Crippen LogP contribution is -2.43. The predicted octanol–water partition coefficient (Wildman–Crippen LogP) is 1.56. The Labute approximate surface area is 97.1 Å². The first-order valence-corrected chi connectivity index (χ1v) is 5.28. The van der Waals surface area contributed by atoms with Crippen LogP contribution in [0.2, 0.25) is 0 Å². The van der Waals surface area contributed by atoms with Gasteiger partial charge in [0.2, 0.25) is 0 Å². The van der Waals surface area contributed by atoms with Gasteiger partial charge in [-0.05, 0) is 33.6 Å². The van der Waals surface area contributed by atoms with Gasteiger partial charge >= 0.3 is 12.1 Å². The van der Waals surface area contributed by atoms with Gasteiger partial charge in [0.05, 0.1) is 7.11 Å². The van der Waals surface area contributed by atoms with Crippen molar-refractivity contribution in [1.82, 2.24) is 4.90 Å². The Bertz CT molecular complexity index is 306. The Balaban J connectivity index is 2.65. The van der Waals surface area contributed by atoms with Crippen molar-refractivity contribution in [1.29, 1.82) is 0 Å². The molecule has 0 unspecified atom stereocenters. The van der Waals surface area contributed by atoms with Crippen LogP contribution in [0, 0.1) is 0 Å². The number of carbonyl (C=O) groups is 2. The van der Waals surface area contributed by atoms with E-state index in [1.165, 1.54) is 12.0 Å². The molecule has 1 aliphatic heterocycles. The second kappa shape index (κ2) is 4.72. The van der Waals surface area contributed by atoms with Crippen LogP contribution in [0.3, 0.4) is 0 Å². The summed E-state index contributed by atoms with van der Waals surface area (Å²) in [6, 6.07) is -0.547. The molecule has 0 aromatic rings. The summed E-state index contributed by atoms with van der Waals surface area (Å²) in [6.45, 7) is 3.81. The summed E-state index contributed by atoms with van der Waals surface area (Å²) in [5, 5.41) is 0. The van der Waals surface area contributed by atoms with Crippen LogP contribution in [0.1, 0.15) is 35.0 Å². The van der Waals surface area contributed by atoms with Gasteiger partial charge in [-0.15, -0.1) is 0 Å². The van der Waals surface area contributed by atoms with Gasteiger partial charge in [-0.2, -0.15) is 0 Å². The number of hydrogen-bond donors (Lipinski definition) is 0. The molecule has 1 atom stereocenters. The van der Waals surface area contributed by atoms with E-state index in [1.807, 2.05) is 0 Å². The monoisotopic (exact) mass is 230 g/mol. The van der Waals surface area contributed by atoms with E-state index in [2.05, 4.69) is 4.74 Å². The van der Waals surface area contributed by atoms with Crippen molar-refractivity contribution in [2.75, 3.05) is 13.7 Å². The van der Waals surface area contributed by atoms with Gasteiger partial charge in [-0.1, -0.05) is 0 Å². The molecule has 1 saturated heterocycles. The lowest BCUT2D eigenvalue weighted by atomic mass is 10.2. The molecule has 0 aromatic carbocycles. The van der Waals surface area contributed by atoms with E-state index in [0.29, 0.717) is 13.0 Å². The fourth-order valence-corrected chi connectivity index (χ4v) is 1.66. The van der Waals surface area contributed by atoms with Crippen molar-refractivity contribution in [2.45, 2.75) is 45.2 Å². The molecule has 92 valence electrons. The molecule has 16 heavy (non-hydrogen) atoms. The Kier molecular flexibility index (Phi) is 3.31. The average molecular weight is 230 g/mol. The summed E-state index contributed by atoms with van der Waals surface area (Å²) in [4.78, 5) is 24.7. The highest BCUT2D eigenvalue weighted by atomic mass is 16.6. The largest absolute Gasteiger partial charge is 0.467 e. The van der Waals surface area contributed by atoms with E-state index >= 15 is 0 Å². The van der Waals surface area contributed by atoms with Gasteiger partial charge in [-0.3, -0.25) is 4.90 Å². The second-order valence-electron chi connectivity index (χ2n) is 4.50. The van der Waals surface area contributed by atoms with Crippen LogP contribution in [0.25, 0.3) is 0 Å². The summed E-state index contributed by atoms with van der Waals surface area (Å²) >= 11 is 0. The third kappa shape index (κ3) is 3.12. The van der Waals surface area contributed by atoms with Crippen LogP contribution < -0.4 is 0 Å². The van der Waals surface area contributed by atoms with Gasteiger partial charge in [0.15, 0.2) is 0 Å². The zero-order valence-electron chi connectivity index (χ0n) is 11.0. The molecule has 0 N–H and O–H groups in total. The lowest BCUT2D eigenvalue weighted by Gasteiger charge is -2.27. The number of hydrogen-bond acceptors (Lipinski definition) is 4. The molecule has 0 aromatic heterocycles. The maximum atomic E-state index is 11.9. The fraction of sp³-hybridized carbons (Fsp3) is 0.818. The Morgan fingerprint density at radius 1 is 1.50 bits per heavy atom. The normalized spacial score (nSPS) is 21.6. The summed E-state index contributed by atoms with van der Waals surface area (Å²) in [5.41, 5.74) is -0.833. The SMILES string of the molecule is [2H]CC(C)(C)OC(=O)N1CCC[C@H]1C(=O)OC. The maximum absolute atomic E-state index is 11.9. The van der Waals surface area contributed by atoms with Crippen LogP contribution in [-0.2, 0) is 14.3 Å². The zero-order chi connectivity index (χ0) is 13.1. The highest BCUT2D eigenvalue weighted by Crippen LogP contribution is 2.21. The van der Waals surface area contributed by atoms with Crippen LogP contribution >= 0.6 is 0 Å². The zero-order valence-corrected chi connectivity index (χ0v) is 9.99. The van der Waals surface area contributed by atoms with Crippen molar-refractivity contribution in [2.24, 2.45) is 0 Å². The molecule has 1 amide bonds. The standard InChI is InChI=1S/C11H19NO4/c1-11(2,3)16-10(14)12-7-5-6-8(12)9(13)15-4/h8H,5-7H2,1-4H3/t8-/m0/s1/i1D. The van der Waals surface area contributed by atoms with E-state index in [1.54, 1.807) is 13.8 Å². The van der Waals surface area contributed by atoms with Crippen molar-refractivity contribution >= 4 is 12.1 Å². The van der Waals surface area contributed by atoms with E-state index < -0.39 is 23.7 Å². The molecular formula is C11H19NO4. The van der Waals surface area contributed by atoms with Gasteiger partial charge in [-0.25, -0.2) is 9.59 Å². The summed E-state index contributed by atoms with van der Waals surface area (Å²) in [7, 11) is 1.30. The van der Waals surface area contributed by atoms with Gasteiger partial charge < -0.3 is 9.47 Å². The number of rotatable bonds is 1. The fourth-order valence-electron chi connectivity index (χ4n) is 1.66. The Morgan fingerprint density at radius 2 is 2.19 bits per heavy atom. The highest BCUT2D eigenvalue weighted by Gasteiger charge is 2.37. The summed E-state index contributed by atoms with van der Waals surface area (Å²) < 4.78 is 17.1. The first-order chi connectivity index (χ1) is 7.91. The predicted molar refractivity (Wildman–Crippen MR) is 58.0 cm³/mol. The van der Waals surface area contributed by atoms with Gasteiger partial charge in [0.25, 0.3) is 0 Å². The van der Waals surface area contributed by atoms with Crippen molar-refractivity contribution < 1.29 is 20.4 Å². The Morgan fingerprint density at radius 3 is 2.75 bits per heavy atom. The lowest BCUT2D eigenvalue weighted by molar-refractivity contribution is -0.145. The summed E-state index contributed by atoms with van der Waals surface area (Å²) in [5.74, 6) is -0.414. The molecule has 1 fully saturated rings. The first-order valence-electron chi connectivity index (χ1n) is 5.98. The van der Waals surface area contributed by atoms with Crippen LogP contribution in [0.5, 0.6) is 0 Å². The van der Waals surface area contributed by atoms with E-state index in [-0.39, 0.29) is 6.90 Å². The molecule has 5 nitrogen and oxygen atoms in total. The number of methoxy groups -OCH3 is 1. The minimum atomic E-state index is -0.833. The second-order valence-corrected chi connectivity index (χ2v) is 4.50. The summed E-state index contributed by atoms with van der Waals surface area (Å²) in [6.07, 6.45) is 0.814. The van der Waals surface area contributed by atoms with Crippen molar-refractivity contribution in [3.05, 3.63) is 0 Å². The molecule has 0 saturated carbocycles. The van der Waals surface area contributed by atoms with Crippen LogP contribution in [0.15, 0.2) is 0 Å². The van der Waals surface area contributed by atoms with Crippen LogP contribution in [-0.4, -0.2) is 42.3 Å². The molecule has 1 aliphatic rings. The average Bonchev–Trinajstić information content (AvgIpc) is 2.76. The molecule has 5 heteroatoms. The van der Waals surface area contributed by atoms with Crippen molar-refractivity contribution in [3.63, 3.8) is 0 Å². The number of likely N-dealkylation sites (tertiary alicyclic amines) is 1. The Hall–Kier alpha value is -1.26. The van der Waals surface area contributed by atoms with Gasteiger partial charge in [0.1, 0.15) is 11.6 Å². The molecule has 1 heterocycles. The quantitative estimate of drug-likeness (QED) is 0.641. The van der Waals surface area contributed by atoms with Gasteiger partial charge in [0, 0.05) is 7.92 Å².